The van der Waals surface area contributed by atoms with Crippen LogP contribution < -0.4 is 21.3 Å². The van der Waals surface area contributed by atoms with Crippen molar-refractivity contribution in [1.29, 1.82) is 0 Å². The molecule has 0 spiro atoms. The fraction of sp³-hybridized carbons (Fsp3) is 0.435. The van der Waals surface area contributed by atoms with Crippen molar-refractivity contribution < 1.29 is 9.53 Å². The number of H-pyrrole nitrogens is 1. The topological polar surface area (TPSA) is 113 Å². The molecule has 0 atom stereocenters. The lowest BCUT2D eigenvalue weighted by Gasteiger charge is -2.11. The molecule has 0 aromatic carbocycles. The van der Waals surface area contributed by atoms with E-state index in [1.54, 1.807) is 31.7 Å². The van der Waals surface area contributed by atoms with Crippen molar-refractivity contribution in [2.75, 3.05) is 38.6 Å². The number of carbonyl (C=O) groups excluding carboxylic acids is 1. The van der Waals surface area contributed by atoms with Crippen molar-refractivity contribution in [3.63, 3.8) is 0 Å². The minimum absolute atomic E-state index is 0.0876. The first kappa shape index (κ1) is 22.6. The van der Waals surface area contributed by atoms with Gasteiger partial charge < -0.3 is 25.7 Å². The normalized spacial score (nSPS) is 15.5. The molecule has 166 valence electrons. The average Bonchev–Trinajstić information content (AvgIpc) is 3.47. The molecule has 4 N–H and O–H groups in total. The van der Waals surface area contributed by atoms with Crippen molar-refractivity contribution in [2.24, 2.45) is 11.7 Å². The Bertz CT molecular complexity index is 946. The standard InChI is InChI=1S/C15H17N3O2.C8H14N2O/c1-20-14-7-11(4-5-16-14)12-6-13(15(19)18-9-12)17-8-10-2-3-10;9-5-3-4-8(11)10-6-1-2-7-10/h4-7,9-10,17H,2-3,8H2,1H3,(H,18,19);3-4H,1-2,5-7,9H2/b;4-3+. The maximum absolute atomic E-state index is 11.8. The highest BCUT2D eigenvalue weighted by molar-refractivity contribution is 5.87. The van der Waals surface area contributed by atoms with Gasteiger partial charge in [0.1, 0.15) is 5.69 Å². The third-order valence-corrected chi connectivity index (χ3v) is 5.27. The van der Waals surface area contributed by atoms with E-state index < -0.39 is 0 Å². The van der Waals surface area contributed by atoms with Gasteiger partial charge in [-0.05, 0) is 49.3 Å². The van der Waals surface area contributed by atoms with E-state index in [-0.39, 0.29) is 11.5 Å². The Morgan fingerprint density at radius 1 is 1.32 bits per heavy atom. The predicted molar refractivity (Wildman–Crippen MR) is 122 cm³/mol. The molecule has 1 saturated heterocycles. The molecule has 3 heterocycles. The summed E-state index contributed by atoms with van der Waals surface area (Å²) in [5.74, 6) is 1.38. The van der Waals surface area contributed by atoms with Crippen LogP contribution in [0.3, 0.4) is 0 Å². The van der Waals surface area contributed by atoms with Crippen LogP contribution in [0.1, 0.15) is 25.7 Å². The van der Waals surface area contributed by atoms with Gasteiger partial charge in [-0.2, -0.15) is 0 Å². The molecule has 31 heavy (non-hydrogen) atoms. The lowest BCUT2D eigenvalue weighted by Crippen LogP contribution is -2.25. The number of hydrogen-bond donors (Lipinski definition) is 3. The Kier molecular flexibility index (Phi) is 8.23. The number of pyridine rings is 2. The highest BCUT2D eigenvalue weighted by Gasteiger charge is 2.21. The number of methoxy groups -OCH3 is 1. The maximum Gasteiger partial charge on any atom is 0.271 e. The summed E-state index contributed by atoms with van der Waals surface area (Å²) in [5, 5.41) is 3.22. The van der Waals surface area contributed by atoms with Gasteiger partial charge in [-0.1, -0.05) is 6.08 Å². The highest BCUT2D eigenvalue weighted by Crippen LogP contribution is 2.29. The second-order valence-electron chi connectivity index (χ2n) is 7.71. The van der Waals surface area contributed by atoms with E-state index >= 15 is 0 Å². The minimum Gasteiger partial charge on any atom is -0.481 e. The van der Waals surface area contributed by atoms with Gasteiger partial charge in [0.15, 0.2) is 0 Å². The number of nitrogens with one attached hydrogen (secondary N) is 2. The second kappa shape index (κ2) is 11.3. The van der Waals surface area contributed by atoms with Crippen LogP contribution in [0.15, 0.2) is 47.5 Å². The first-order chi connectivity index (χ1) is 15.1. The smallest absolute Gasteiger partial charge is 0.271 e. The second-order valence-corrected chi connectivity index (χ2v) is 7.71. The largest absolute Gasteiger partial charge is 0.481 e. The number of aromatic nitrogens is 2. The molecule has 2 aromatic heterocycles. The number of ether oxygens (including phenoxy) is 1. The average molecular weight is 426 g/mol. The van der Waals surface area contributed by atoms with Crippen LogP contribution in [0.2, 0.25) is 0 Å². The number of anilines is 1. The number of nitrogens with two attached hydrogens (primary N) is 1. The van der Waals surface area contributed by atoms with Gasteiger partial charge in [0.25, 0.3) is 5.56 Å². The Morgan fingerprint density at radius 3 is 2.77 bits per heavy atom. The van der Waals surface area contributed by atoms with Gasteiger partial charge in [-0.15, -0.1) is 0 Å². The molecule has 2 aliphatic rings. The Balaban J connectivity index is 0.000000210. The van der Waals surface area contributed by atoms with Crippen LogP contribution in [0.5, 0.6) is 5.88 Å². The van der Waals surface area contributed by atoms with E-state index in [0.717, 1.165) is 49.5 Å². The molecule has 4 rings (SSSR count). The highest BCUT2D eigenvalue weighted by atomic mass is 16.5. The molecular weight excluding hydrogens is 394 g/mol. The van der Waals surface area contributed by atoms with Gasteiger partial charge >= 0.3 is 0 Å². The summed E-state index contributed by atoms with van der Waals surface area (Å²) in [7, 11) is 1.58. The third kappa shape index (κ3) is 6.96. The quantitative estimate of drug-likeness (QED) is 0.587. The van der Waals surface area contributed by atoms with Gasteiger partial charge in [0.2, 0.25) is 11.8 Å². The monoisotopic (exact) mass is 425 g/mol. The molecule has 1 saturated carbocycles. The van der Waals surface area contributed by atoms with Crippen molar-refractivity contribution >= 4 is 11.6 Å². The number of aromatic amines is 1. The molecule has 8 heteroatoms. The van der Waals surface area contributed by atoms with Gasteiger partial charge in [0, 0.05) is 56.3 Å². The molecule has 8 nitrogen and oxygen atoms in total. The summed E-state index contributed by atoms with van der Waals surface area (Å²) < 4.78 is 5.12. The number of amides is 1. The molecular formula is C23H31N5O3. The first-order valence-corrected chi connectivity index (χ1v) is 10.7. The molecule has 2 fully saturated rings. The Labute approximate surface area is 182 Å². The van der Waals surface area contributed by atoms with E-state index in [1.165, 1.54) is 12.8 Å². The predicted octanol–water partition coefficient (Wildman–Crippen LogP) is 2.39. The molecule has 0 unspecified atom stereocenters. The van der Waals surface area contributed by atoms with Crippen molar-refractivity contribution in [1.82, 2.24) is 14.9 Å². The molecule has 0 radical (unpaired) electrons. The van der Waals surface area contributed by atoms with E-state index in [9.17, 15) is 9.59 Å². The summed E-state index contributed by atoms with van der Waals surface area (Å²) in [4.78, 5) is 31.7. The minimum atomic E-state index is -0.0876. The molecule has 1 aliphatic carbocycles. The number of hydrogen-bond acceptors (Lipinski definition) is 6. The molecule has 1 amide bonds. The van der Waals surface area contributed by atoms with E-state index in [0.29, 0.717) is 18.1 Å². The fourth-order valence-corrected chi connectivity index (χ4v) is 3.27. The van der Waals surface area contributed by atoms with Crippen LogP contribution in [0.4, 0.5) is 5.69 Å². The van der Waals surface area contributed by atoms with E-state index in [4.69, 9.17) is 10.5 Å². The summed E-state index contributed by atoms with van der Waals surface area (Å²) in [6, 6.07) is 5.61. The number of rotatable bonds is 7. The molecule has 1 aliphatic heterocycles. The number of carbonyl (C=O) groups is 1. The first-order valence-electron chi connectivity index (χ1n) is 10.7. The van der Waals surface area contributed by atoms with Crippen LogP contribution in [0.25, 0.3) is 11.1 Å². The van der Waals surface area contributed by atoms with Crippen LogP contribution in [0, 0.1) is 5.92 Å². The summed E-state index contributed by atoms with van der Waals surface area (Å²) in [6.45, 7) is 3.13. The lowest BCUT2D eigenvalue weighted by atomic mass is 10.1. The summed E-state index contributed by atoms with van der Waals surface area (Å²) in [5.41, 5.74) is 7.64. The number of nitrogens with zero attached hydrogens (tertiary/aromatic N) is 2. The summed E-state index contributed by atoms with van der Waals surface area (Å²) in [6.07, 6.45) is 11.4. The Morgan fingerprint density at radius 2 is 2.10 bits per heavy atom. The zero-order valence-corrected chi connectivity index (χ0v) is 18.0. The Hall–Kier alpha value is -3.13. The van der Waals surface area contributed by atoms with Crippen LogP contribution in [-0.4, -0.2) is 54.1 Å². The fourth-order valence-electron chi connectivity index (χ4n) is 3.27. The van der Waals surface area contributed by atoms with Gasteiger partial charge in [-0.25, -0.2) is 4.98 Å². The molecule has 2 aromatic rings. The van der Waals surface area contributed by atoms with Crippen LogP contribution >= 0.6 is 0 Å². The maximum atomic E-state index is 11.8. The SMILES string of the molecule is COc1cc(-c2c[nH]c(=O)c(NCC3CC3)c2)ccn1.NC/C=C/C(=O)N1CCCC1. The van der Waals surface area contributed by atoms with Crippen molar-refractivity contribution in [2.45, 2.75) is 25.7 Å². The van der Waals surface area contributed by atoms with Crippen LogP contribution in [-0.2, 0) is 4.79 Å². The summed E-state index contributed by atoms with van der Waals surface area (Å²) >= 11 is 0. The van der Waals surface area contributed by atoms with Crippen molar-refractivity contribution in [3.8, 4) is 17.0 Å². The molecule has 0 bridgehead atoms. The lowest BCUT2D eigenvalue weighted by molar-refractivity contribution is -0.125. The van der Waals surface area contributed by atoms with Crippen molar-refractivity contribution in [3.05, 3.63) is 53.1 Å². The number of likely N-dealkylation sites (tertiary alicyclic amines) is 1. The van der Waals surface area contributed by atoms with E-state index in [2.05, 4.69) is 15.3 Å². The van der Waals surface area contributed by atoms with E-state index in [1.807, 2.05) is 23.1 Å². The van der Waals surface area contributed by atoms with Gasteiger partial charge in [-0.3, -0.25) is 9.59 Å². The third-order valence-electron chi connectivity index (χ3n) is 5.27. The zero-order valence-electron chi connectivity index (χ0n) is 18.0. The zero-order chi connectivity index (χ0) is 22.1. The van der Waals surface area contributed by atoms with Gasteiger partial charge in [0.05, 0.1) is 7.11 Å².